The Morgan fingerprint density at radius 2 is 2.22 bits per heavy atom. The van der Waals surface area contributed by atoms with Gasteiger partial charge in [-0.05, 0) is 6.42 Å². The normalized spacial score (nSPS) is 23.1. The number of thioether (sulfide) groups is 2. The van der Waals surface area contributed by atoms with Crippen molar-refractivity contribution in [3.63, 3.8) is 0 Å². The van der Waals surface area contributed by atoms with Crippen LogP contribution in [-0.4, -0.2) is 27.2 Å². The van der Waals surface area contributed by atoms with Gasteiger partial charge in [-0.3, -0.25) is 0 Å². The average molecular weight is 281 g/mol. The second-order valence-corrected chi connectivity index (χ2v) is 7.20. The van der Waals surface area contributed by atoms with Gasteiger partial charge in [-0.2, -0.15) is 11.8 Å². The van der Waals surface area contributed by atoms with Gasteiger partial charge in [0.2, 0.25) is 0 Å². The summed E-state index contributed by atoms with van der Waals surface area (Å²) in [6.07, 6.45) is 2.25. The quantitative estimate of drug-likeness (QED) is 0.921. The maximum absolute atomic E-state index is 4.87. The second kappa shape index (κ2) is 5.80. The van der Waals surface area contributed by atoms with Crippen molar-refractivity contribution in [3.8, 4) is 0 Å². The van der Waals surface area contributed by atoms with Crippen molar-refractivity contribution >= 4 is 23.5 Å². The van der Waals surface area contributed by atoms with Gasteiger partial charge in [0.15, 0.2) is 0 Å². The highest BCUT2D eigenvalue weighted by Gasteiger charge is 2.24. The molecule has 1 unspecified atom stereocenters. The van der Waals surface area contributed by atoms with Gasteiger partial charge in [0.25, 0.3) is 0 Å². The van der Waals surface area contributed by atoms with Crippen LogP contribution in [0.2, 0.25) is 0 Å². The summed E-state index contributed by atoms with van der Waals surface area (Å²) in [5, 5.41) is 3.91. The maximum Gasteiger partial charge on any atom is 0.142 e. The van der Waals surface area contributed by atoms with Crippen molar-refractivity contribution in [2.45, 2.75) is 38.1 Å². The Hall–Kier alpha value is -0.260. The third-order valence-electron chi connectivity index (χ3n) is 3.38. The first-order valence-electron chi connectivity index (χ1n) is 6.67. The molecule has 0 amide bonds. The fraction of sp³-hybridized carbons (Fsp3) is 0.692. The molecule has 1 N–H and O–H groups in total. The molecule has 2 aliphatic rings. The molecule has 0 bridgehead atoms. The van der Waals surface area contributed by atoms with E-state index in [-0.39, 0.29) is 0 Å². The summed E-state index contributed by atoms with van der Waals surface area (Å²) in [6, 6.07) is 0. The molecule has 0 spiro atoms. The first-order chi connectivity index (χ1) is 8.88. The minimum atomic E-state index is 0.505. The molecule has 3 heterocycles. The number of nitrogens with zero attached hydrogens (tertiary/aromatic N) is 2. The standard InChI is InChI=1S/C13H19N3S2/c1-2-3-10-9-6-14-7-11(9)16-13(15-10)12-8-17-4-5-18-12/h12,14H,2-8H2,1H3. The number of nitrogens with one attached hydrogen (secondary N) is 1. The van der Waals surface area contributed by atoms with Crippen LogP contribution in [0.4, 0.5) is 0 Å². The summed E-state index contributed by atoms with van der Waals surface area (Å²) in [7, 11) is 0. The van der Waals surface area contributed by atoms with E-state index in [1.807, 2.05) is 23.5 Å². The van der Waals surface area contributed by atoms with Crippen molar-refractivity contribution in [1.82, 2.24) is 15.3 Å². The highest BCUT2D eigenvalue weighted by Crippen LogP contribution is 2.36. The topological polar surface area (TPSA) is 37.8 Å². The number of hydrogen-bond acceptors (Lipinski definition) is 5. The van der Waals surface area contributed by atoms with E-state index in [1.54, 1.807) is 0 Å². The SMILES string of the molecule is CCCc1nc(C2CSCCS2)nc2c1CNC2. The summed E-state index contributed by atoms with van der Waals surface area (Å²) < 4.78 is 0. The molecule has 1 atom stereocenters. The highest BCUT2D eigenvalue weighted by molar-refractivity contribution is 8.06. The average Bonchev–Trinajstić information content (AvgIpc) is 2.88. The third kappa shape index (κ3) is 2.53. The van der Waals surface area contributed by atoms with Gasteiger partial charge in [0, 0.05) is 41.6 Å². The number of hydrogen-bond donors (Lipinski definition) is 1. The Balaban J connectivity index is 1.92. The van der Waals surface area contributed by atoms with E-state index in [2.05, 4.69) is 12.2 Å². The molecule has 98 valence electrons. The molecule has 18 heavy (non-hydrogen) atoms. The molecule has 1 saturated heterocycles. The lowest BCUT2D eigenvalue weighted by Gasteiger charge is -2.21. The van der Waals surface area contributed by atoms with Crippen molar-refractivity contribution in [2.75, 3.05) is 17.3 Å². The molecule has 1 aromatic rings. The van der Waals surface area contributed by atoms with E-state index < -0.39 is 0 Å². The van der Waals surface area contributed by atoms with Gasteiger partial charge in [0.1, 0.15) is 5.82 Å². The molecular formula is C13H19N3S2. The molecule has 3 nitrogen and oxygen atoms in total. The molecule has 3 rings (SSSR count). The molecule has 5 heteroatoms. The minimum absolute atomic E-state index is 0.505. The van der Waals surface area contributed by atoms with Crippen molar-refractivity contribution < 1.29 is 0 Å². The van der Waals surface area contributed by atoms with Gasteiger partial charge < -0.3 is 5.32 Å². The largest absolute Gasteiger partial charge is 0.307 e. The molecular weight excluding hydrogens is 262 g/mol. The van der Waals surface area contributed by atoms with Crippen LogP contribution in [0.25, 0.3) is 0 Å². The predicted octanol–water partition coefficient (Wildman–Crippen LogP) is 2.55. The van der Waals surface area contributed by atoms with Crippen LogP contribution in [0.15, 0.2) is 0 Å². The van der Waals surface area contributed by atoms with Gasteiger partial charge in [-0.1, -0.05) is 13.3 Å². The fourth-order valence-corrected chi connectivity index (χ4v) is 5.08. The smallest absolute Gasteiger partial charge is 0.142 e. The van der Waals surface area contributed by atoms with Crippen LogP contribution in [0, 0.1) is 0 Å². The Labute approximate surface area is 117 Å². The van der Waals surface area contributed by atoms with Crippen LogP contribution in [0.3, 0.4) is 0 Å². The summed E-state index contributed by atoms with van der Waals surface area (Å²) in [5.74, 6) is 4.76. The molecule has 0 aliphatic carbocycles. The maximum atomic E-state index is 4.87. The lowest BCUT2D eigenvalue weighted by atomic mass is 10.1. The van der Waals surface area contributed by atoms with Gasteiger partial charge in [-0.25, -0.2) is 9.97 Å². The zero-order chi connectivity index (χ0) is 12.4. The van der Waals surface area contributed by atoms with Crippen molar-refractivity contribution in [1.29, 1.82) is 0 Å². The monoisotopic (exact) mass is 281 g/mol. The first-order valence-corrected chi connectivity index (χ1v) is 8.87. The van der Waals surface area contributed by atoms with E-state index in [1.165, 1.54) is 34.2 Å². The number of aromatic nitrogens is 2. The summed E-state index contributed by atoms with van der Waals surface area (Å²) in [6.45, 7) is 4.10. The van der Waals surface area contributed by atoms with Crippen LogP contribution in [-0.2, 0) is 19.5 Å². The van der Waals surface area contributed by atoms with Crippen LogP contribution in [0.1, 0.15) is 41.4 Å². The summed E-state index contributed by atoms with van der Waals surface area (Å²) in [4.78, 5) is 9.68. The van der Waals surface area contributed by atoms with Crippen LogP contribution < -0.4 is 5.32 Å². The minimum Gasteiger partial charge on any atom is -0.307 e. The van der Waals surface area contributed by atoms with E-state index in [0.29, 0.717) is 5.25 Å². The van der Waals surface area contributed by atoms with E-state index in [9.17, 15) is 0 Å². The Bertz CT molecular complexity index is 430. The molecule has 0 saturated carbocycles. The number of rotatable bonds is 3. The zero-order valence-corrected chi connectivity index (χ0v) is 12.4. The lowest BCUT2D eigenvalue weighted by Crippen LogP contribution is -2.13. The highest BCUT2D eigenvalue weighted by atomic mass is 32.2. The molecule has 0 radical (unpaired) electrons. The first kappa shape index (κ1) is 12.8. The summed E-state index contributed by atoms with van der Waals surface area (Å²) in [5.41, 5.74) is 3.91. The van der Waals surface area contributed by atoms with E-state index in [4.69, 9.17) is 9.97 Å². The molecule has 1 aromatic heterocycles. The Morgan fingerprint density at radius 3 is 3.00 bits per heavy atom. The van der Waals surface area contributed by atoms with Crippen LogP contribution >= 0.6 is 23.5 Å². The predicted molar refractivity (Wildman–Crippen MR) is 79.1 cm³/mol. The van der Waals surface area contributed by atoms with Gasteiger partial charge >= 0.3 is 0 Å². The number of fused-ring (bicyclic) bond motifs is 1. The summed E-state index contributed by atoms with van der Waals surface area (Å²) >= 11 is 4.06. The van der Waals surface area contributed by atoms with Crippen LogP contribution in [0.5, 0.6) is 0 Å². The third-order valence-corrected chi connectivity index (χ3v) is 6.13. The Kier molecular flexibility index (Phi) is 4.11. The van der Waals surface area contributed by atoms with Gasteiger partial charge in [0.05, 0.1) is 10.9 Å². The lowest BCUT2D eigenvalue weighted by molar-refractivity contribution is 0.753. The zero-order valence-electron chi connectivity index (χ0n) is 10.7. The second-order valence-electron chi connectivity index (χ2n) is 4.74. The Morgan fingerprint density at radius 1 is 1.28 bits per heavy atom. The molecule has 2 aliphatic heterocycles. The molecule has 1 fully saturated rings. The van der Waals surface area contributed by atoms with Crippen molar-refractivity contribution in [2.24, 2.45) is 0 Å². The van der Waals surface area contributed by atoms with Gasteiger partial charge in [-0.15, -0.1) is 11.8 Å². The fourth-order valence-electron chi connectivity index (χ4n) is 2.48. The van der Waals surface area contributed by atoms with Crippen molar-refractivity contribution in [3.05, 3.63) is 22.8 Å². The number of aryl methyl sites for hydroxylation is 1. The van der Waals surface area contributed by atoms with E-state index >= 15 is 0 Å². The molecule has 0 aromatic carbocycles. The van der Waals surface area contributed by atoms with E-state index in [0.717, 1.165) is 31.8 Å².